The van der Waals surface area contributed by atoms with Crippen molar-refractivity contribution >= 4 is 17.3 Å². The highest BCUT2D eigenvalue weighted by Gasteiger charge is 2.13. The molecule has 1 aromatic carbocycles. The topological polar surface area (TPSA) is 63.2 Å². The first-order valence-electron chi connectivity index (χ1n) is 7.47. The Labute approximate surface area is 131 Å². The van der Waals surface area contributed by atoms with E-state index in [4.69, 9.17) is 9.47 Å². The number of ether oxygens (including phenoxy) is 2. The number of hydrazone groups is 1. The summed E-state index contributed by atoms with van der Waals surface area (Å²) >= 11 is 0. The van der Waals surface area contributed by atoms with Crippen LogP contribution in [-0.4, -0.2) is 51.6 Å². The van der Waals surface area contributed by atoms with Crippen LogP contribution >= 0.6 is 0 Å². The maximum Gasteiger partial charge on any atom is 0.251 e. The molecule has 2 rings (SSSR count). The smallest absolute Gasteiger partial charge is 0.251 e. The van der Waals surface area contributed by atoms with Gasteiger partial charge in [-0.25, -0.2) is 0 Å². The first kappa shape index (κ1) is 16.5. The van der Waals surface area contributed by atoms with E-state index in [1.54, 1.807) is 7.11 Å². The summed E-state index contributed by atoms with van der Waals surface area (Å²) in [5, 5.41) is 9.23. The van der Waals surface area contributed by atoms with Crippen molar-refractivity contribution in [3.63, 3.8) is 0 Å². The lowest BCUT2D eigenvalue weighted by Crippen LogP contribution is -2.27. The zero-order valence-corrected chi connectivity index (χ0v) is 13.2. The van der Waals surface area contributed by atoms with Crippen LogP contribution in [0.1, 0.15) is 23.7 Å². The predicted octanol–water partition coefficient (Wildman–Crippen LogP) is 1.67. The zero-order valence-electron chi connectivity index (χ0n) is 13.2. The van der Waals surface area contributed by atoms with Crippen molar-refractivity contribution in [3.8, 4) is 0 Å². The Morgan fingerprint density at radius 1 is 1.27 bits per heavy atom. The van der Waals surface area contributed by atoms with Gasteiger partial charge in [-0.1, -0.05) is 0 Å². The Balaban J connectivity index is 1.76. The van der Waals surface area contributed by atoms with Gasteiger partial charge in [-0.3, -0.25) is 9.80 Å². The summed E-state index contributed by atoms with van der Waals surface area (Å²) in [6, 6.07) is 7.48. The van der Waals surface area contributed by atoms with Crippen molar-refractivity contribution in [1.82, 2.24) is 5.32 Å². The van der Waals surface area contributed by atoms with Gasteiger partial charge in [0.1, 0.15) is 0 Å². The normalized spacial score (nSPS) is 14.1. The molecule has 0 atom stereocenters. The van der Waals surface area contributed by atoms with Crippen LogP contribution in [0.2, 0.25) is 0 Å². The Morgan fingerprint density at radius 2 is 2.05 bits per heavy atom. The van der Waals surface area contributed by atoms with Gasteiger partial charge >= 0.3 is 0 Å². The van der Waals surface area contributed by atoms with Gasteiger partial charge in [-0.05, 0) is 31.2 Å². The van der Waals surface area contributed by atoms with Gasteiger partial charge in [0.15, 0.2) is 0 Å². The van der Waals surface area contributed by atoms with Crippen LogP contribution in [0.3, 0.4) is 0 Å². The van der Waals surface area contributed by atoms with E-state index in [0.717, 1.165) is 24.4 Å². The van der Waals surface area contributed by atoms with Gasteiger partial charge < -0.3 is 14.8 Å². The average Bonchev–Trinajstić information content (AvgIpc) is 2.97. The van der Waals surface area contributed by atoms with E-state index in [-0.39, 0.29) is 5.91 Å². The van der Waals surface area contributed by atoms with E-state index in [2.05, 4.69) is 10.4 Å². The molecule has 6 heteroatoms. The van der Waals surface area contributed by atoms with Crippen molar-refractivity contribution in [2.45, 2.75) is 13.3 Å². The molecule has 1 aliphatic heterocycles. The third-order valence-electron chi connectivity index (χ3n) is 3.37. The fourth-order valence-corrected chi connectivity index (χ4v) is 2.13. The quantitative estimate of drug-likeness (QED) is 0.742. The minimum absolute atomic E-state index is 0.0944. The molecule has 0 unspecified atom stereocenters. The van der Waals surface area contributed by atoms with Crippen molar-refractivity contribution in [2.24, 2.45) is 5.10 Å². The summed E-state index contributed by atoms with van der Waals surface area (Å²) in [7, 11) is 1.63. The van der Waals surface area contributed by atoms with E-state index >= 15 is 0 Å². The number of methoxy groups -OCH3 is 1. The number of amides is 1. The van der Waals surface area contributed by atoms with Gasteiger partial charge in [0.2, 0.25) is 0 Å². The molecular formula is C16H23N3O3. The number of carbonyl (C=O) groups is 1. The first-order chi connectivity index (χ1) is 10.7. The van der Waals surface area contributed by atoms with Crippen LogP contribution in [0.15, 0.2) is 29.4 Å². The Morgan fingerprint density at radius 3 is 2.68 bits per heavy atom. The fraction of sp³-hybridized carbons (Fsp3) is 0.500. The SMILES string of the molecule is COCCOCCNC(=O)c1ccc(N2CCC(C)=N2)cc1. The second kappa shape index (κ2) is 8.51. The van der Waals surface area contributed by atoms with Gasteiger partial charge in [-0.15, -0.1) is 0 Å². The molecule has 0 spiro atoms. The molecule has 0 saturated carbocycles. The van der Waals surface area contributed by atoms with E-state index in [0.29, 0.717) is 31.9 Å². The highest BCUT2D eigenvalue weighted by molar-refractivity contribution is 5.94. The van der Waals surface area contributed by atoms with Crippen molar-refractivity contribution in [1.29, 1.82) is 0 Å². The Kier molecular flexibility index (Phi) is 6.36. The number of anilines is 1. The first-order valence-corrected chi connectivity index (χ1v) is 7.47. The Bertz CT molecular complexity index is 514. The molecule has 0 radical (unpaired) electrons. The molecule has 0 fully saturated rings. The molecule has 6 nitrogen and oxygen atoms in total. The number of nitrogens with one attached hydrogen (secondary N) is 1. The number of rotatable bonds is 8. The van der Waals surface area contributed by atoms with E-state index in [9.17, 15) is 4.79 Å². The number of hydrogen-bond donors (Lipinski definition) is 1. The van der Waals surface area contributed by atoms with E-state index in [1.165, 1.54) is 0 Å². The summed E-state index contributed by atoms with van der Waals surface area (Å²) in [4.78, 5) is 12.0. The summed E-state index contributed by atoms with van der Waals surface area (Å²) in [5.41, 5.74) is 2.78. The third kappa shape index (κ3) is 4.82. The lowest BCUT2D eigenvalue weighted by molar-refractivity contribution is 0.0692. The van der Waals surface area contributed by atoms with Crippen LogP contribution in [0.25, 0.3) is 0 Å². The molecule has 1 aliphatic rings. The number of carbonyl (C=O) groups excluding carboxylic acids is 1. The maximum atomic E-state index is 12.0. The third-order valence-corrected chi connectivity index (χ3v) is 3.37. The van der Waals surface area contributed by atoms with Crippen LogP contribution < -0.4 is 10.3 Å². The molecule has 0 saturated heterocycles. The van der Waals surface area contributed by atoms with Crippen molar-refractivity contribution in [2.75, 3.05) is 45.0 Å². The highest BCUT2D eigenvalue weighted by Crippen LogP contribution is 2.19. The summed E-state index contributed by atoms with van der Waals surface area (Å²) in [6.07, 6.45) is 0.991. The van der Waals surface area contributed by atoms with Gasteiger partial charge in [0.25, 0.3) is 5.91 Å². The van der Waals surface area contributed by atoms with Crippen LogP contribution in [0.5, 0.6) is 0 Å². The standard InChI is InChI=1S/C16H23N3O3/c1-13-7-9-19(18-13)15-5-3-14(4-6-15)16(20)17-8-10-22-12-11-21-2/h3-6H,7-12H2,1-2H3,(H,17,20). The molecular weight excluding hydrogens is 282 g/mol. The Hall–Kier alpha value is -1.92. The summed E-state index contributed by atoms with van der Waals surface area (Å²) in [6.45, 7) is 4.99. The lowest BCUT2D eigenvalue weighted by atomic mass is 10.2. The van der Waals surface area contributed by atoms with Gasteiger partial charge in [0.05, 0.1) is 25.5 Å². The monoisotopic (exact) mass is 305 g/mol. The minimum atomic E-state index is -0.0944. The summed E-state index contributed by atoms with van der Waals surface area (Å²) in [5.74, 6) is -0.0944. The maximum absolute atomic E-state index is 12.0. The second-order valence-electron chi connectivity index (χ2n) is 5.12. The molecule has 1 amide bonds. The zero-order chi connectivity index (χ0) is 15.8. The van der Waals surface area contributed by atoms with Gasteiger partial charge in [-0.2, -0.15) is 5.10 Å². The number of nitrogens with zero attached hydrogens (tertiary/aromatic N) is 2. The molecule has 0 aromatic heterocycles. The number of hydrogen-bond acceptors (Lipinski definition) is 5. The summed E-state index contributed by atoms with van der Waals surface area (Å²) < 4.78 is 10.2. The molecule has 22 heavy (non-hydrogen) atoms. The van der Waals surface area contributed by atoms with Crippen molar-refractivity contribution < 1.29 is 14.3 Å². The van der Waals surface area contributed by atoms with Crippen molar-refractivity contribution in [3.05, 3.63) is 29.8 Å². The second-order valence-corrected chi connectivity index (χ2v) is 5.12. The largest absolute Gasteiger partial charge is 0.382 e. The molecule has 1 heterocycles. The van der Waals surface area contributed by atoms with E-state index < -0.39 is 0 Å². The van der Waals surface area contributed by atoms with Crippen LogP contribution in [-0.2, 0) is 9.47 Å². The molecule has 120 valence electrons. The van der Waals surface area contributed by atoms with E-state index in [1.807, 2.05) is 36.2 Å². The molecule has 1 aromatic rings. The average molecular weight is 305 g/mol. The minimum Gasteiger partial charge on any atom is -0.382 e. The number of benzene rings is 1. The predicted molar refractivity (Wildman–Crippen MR) is 86.5 cm³/mol. The molecule has 1 N–H and O–H groups in total. The molecule has 0 bridgehead atoms. The molecule has 0 aliphatic carbocycles. The lowest BCUT2D eigenvalue weighted by Gasteiger charge is -2.14. The highest BCUT2D eigenvalue weighted by atomic mass is 16.5. The van der Waals surface area contributed by atoms with Gasteiger partial charge in [0, 0.05) is 37.9 Å². The fourth-order valence-electron chi connectivity index (χ4n) is 2.13. The van der Waals surface area contributed by atoms with Crippen LogP contribution in [0, 0.1) is 0 Å². The van der Waals surface area contributed by atoms with Crippen LogP contribution in [0.4, 0.5) is 5.69 Å².